The van der Waals surface area contributed by atoms with Crippen LogP contribution in [0.3, 0.4) is 0 Å². The lowest BCUT2D eigenvalue weighted by molar-refractivity contribution is -0.0336. The molecular weight excluding hydrogens is 468 g/mol. The van der Waals surface area contributed by atoms with Crippen molar-refractivity contribution >= 4 is 12.4 Å². The lowest BCUT2D eigenvalue weighted by Gasteiger charge is -2.43. The standard InChI is InChI=1S/C30H32N2O5/c33-21-22-9-11-26(12-10-22)35-17-18-36-27-8-4-7-25(19-27)29(24-5-2-1-3-6-24)31-30(34)37-28-20-32-15-13-23(28)14-16-32/h1-12,19,21,23,28-29H,13-18,20H2,(H,31,34)/t28-,29-/m0/s1. The van der Waals surface area contributed by atoms with Gasteiger partial charge in [-0.3, -0.25) is 9.69 Å². The van der Waals surface area contributed by atoms with Crippen LogP contribution in [0.5, 0.6) is 11.5 Å². The van der Waals surface area contributed by atoms with Crippen molar-refractivity contribution in [2.75, 3.05) is 32.8 Å². The highest BCUT2D eigenvalue weighted by Gasteiger charge is 2.36. The number of hydrogen-bond acceptors (Lipinski definition) is 6. The maximum absolute atomic E-state index is 13.0. The molecule has 3 aromatic carbocycles. The zero-order valence-corrected chi connectivity index (χ0v) is 20.8. The molecule has 3 aliphatic heterocycles. The van der Waals surface area contributed by atoms with Gasteiger partial charge in [0.15, 0.2) is 0 Å². The number of benzene rings is 3. The number of carbonyl (C=O) groups excluding carboxylic acids is 2. The van der Waals surface area contributed by atoms with E-state index >= 15 is 0 Å². The molecule has 1 amide bonds. The number of nitrogens with zero attached hydrogens (tertiary/aromatic N) is 1. The van der Waals surface area contributed by atoms with E-state index in [0.29, 0.717) is 36.2 Å². The molecule has 3 saturated heterocycles. The summed E-state index contributed by atoms with van der Waals surface area (Å²) in [6.45, 7) is 3.73. The van der Waals surface area contributed by atoms with E-state index in [9.17, 15) is 9.59 Å². The first-order valence-corrected chi connectivity index (χ1v) is 12.8. The molecule has 37 heavy (non-hydrogen) atoms. The zero-order chi connectivity index (χ0) is 25.5. The van der Waals surface area contributed by atoms with Crippen LogP contribution in [0.1, 0.15) is 40.4 Å². The summed E-state index contributed by atoms with van der Waals surface area (Å²) in [5, 5.41) is 3.10. The minimum absolute atomic E-state index is 0.0526. The second-order valence-electron chi connectivity index (χ2n) is 9.53. The van der Waals surface area contributed by atoms with Crippen LogP contribution in [-0.4, -0.2) is 56.2 Å². The molecule has 192 valence electrons. The minimum Gasteiger partial charge on any atom is -0.490 e. The molecule has 3 aliphatic rings. The van der Waals surface area contributed by atoms with Crippen molar-refractivity contribution in [3.63, 3.8) is 0 Å². The summed E-state index contributed by atoms with van der Waals surface area (Å²) in [5.41, 5.74) is 2.47. The molecule has 2 bridgehead atoms. The molecule has 0 saturated carbocycles. The molecule has 0 aliphatic carbocycles. The Morgan fingerprint density at radius 1 is 0.892 bits per heavy atom. The van der Waals surface area contributed by atoms with Gasteiger partial charge >= 0.3 is 6.09 Å². The number of rotatable bonds is 10. The third-order valence-corrected chi connectivity index (χ3v) is 7.08. The molecule has 0 unspecified atom stereocenters. The third-order valence-electron chi connectivity index (χ3n) is 7.08. The van der Waals surface area contributed by atoms with Crippen molar-refractivity contribution < 1.29 is 23.8 Å². The van der Waals surface area contributed by atoms with Gasteiger partial charge in [0.1, 0.15) is 37.1 Å². The number of carbonyl (C=O) groups is 2. The average molecular weight is 501 g/mol. The van der Waals surface area contributed by atoms with E-state index in [0.717, 1.165) is 49.9 Å². The summed E-state index contributed by atoms with van der Waals surface area (Å²) >= 11 is 0. The predicted octanol–water partition coefficient (Wildman–Crippen LogP) is 4.87. The van der Waals surface area contributed by atoms with Gasteiger partial charge < -0.3 is 19.5 Å². The Morgan fingerprint density at radius 3 is 2.27 bits per heavy atom. The van der Waals surface area contributed by atoms with Crippen molar-refractivity contribution in [1.29, 1.82) is 0 Å². The highest BCUT2D eigenvalue weighted by molar-refractivity contribution is 5.74. The fraction of sp³-hybridized carbons (Fsp3) is 0.333. The number of alkyl carbamates (subject to hydrolysis) is 1. The molecular formula is C30H32N2O5. The highest BCUT2D eigenvalue weighted by atomic mass is 16.6. The number of amides is 1. The first-order chi connectivity index (χ1) is 18.2. The number of ether oxygens (including phenoxy) is 3. The van der Waals surface area contributed by atoms with Gasteiger partial charge in [-0.05, 0) is 79.4 Å². The van der Waals surface area contributed by atoms with Gasteiger partial charge in [0.25, 0.3) is 0 Å². The van der Waals surface area contributed by atoms with E-state index in [4.69, 9.17) is 14.2 Å². The molecule has 3 heterocycles. The van der Waals surface area contributed by atoms with Crippen LogP contribution in [0.4, 0.5) is 4.79 Å². The number of aldehydes is 1. The molecule has 3 fully saturated rings. The van der Waals surface area contributed by atoms with Crippen molar-refractivity contribution in [1.82, 2.24) is 10.2 Å². The Balaban J connectivity index is 1.21. The zero-order valence-electron chi connectivity index (χ0n) is 20.8. The smallest absolute Gasteiger partial charge is 0.408 e. The molecule has 6 rings (SSSR count). The largest absolute Gasteiger partial charge is 0.490 e. The third kappa shape index (κ3) is 6.49. The highest BCUT2D eigenvalue weighted by Crippen LogP contribution is 2.30. The van der Waals surface area contributed by atoms with Gasteiger partial charge in [-0.15, -0.1) is 0 Å². The second kappa shape index (κ2) is 11.9. The van der Waals surface area contributed by atoms with E-state index in [2.05, 4.69) is 10.2 Å². The Kier molecular flexibility index (Phi) is 8.01. The molecule has 3 aromatic rings. The van der Waals surface area contributed by atoms with Crippen molar-refractivity contribution in [3.05, 3.63) is 95.6 Å². The van der Waals surface area contributed by atoms with Crippen molar-refractivity contribution in [2.24, 2.45) is 5.92 Å². The molecule has 1 N–H and O–H groups in total. The Morgan fingerprint density at radius 2 is 1.59 bits per heavy atom. The summed E-state index contributed by atoms with van der Waals surface area (Å²) < 4.78 is 17.5. The monoisotopic (exact) mass is 500 g/mol. The first-order valence-electron chi connectivity index (χ1n) is 12.8. The van der Waals surface area contributed by atoms with Crippen LogP contribution >= 0.6 is 0 Å². The van der Waals surface area contributed by atoms with Crippen LogP contribution < -0.4 is 14.8 Å². The van der Waals surface area contributed by atoms with Gasteiger partial charge in [0.2, 0.25) is 0 Å². The van der Waals surface area contributed by atoms with E-state index in [1.807, 2.05) is 54.6 Å². The minimum atomic E-state index is -0.395. The number of hydrogen-bond donors (Lipinski definition) is 1. The number of fused-ring (bicyclic) bond motifs is 3. The Hall–Kier alpha value is -3.84. The SMILES string of the molecule is O=Cc1ccc(OCCOc2cccc([C@@H](NC(=O)O[C@H]3CN4CCC3CC4)c3ccccc3)c2)cc1. The second-order valence-corrected chi connectivity index (χ2v) is 9.53. The lowest BCUT2D eigenvalue weighted by atomic mass is 9.86. The molecule has 0 radical (unpaired) electrons. The topological polar surface area (TPSA) is 77.1 Å². The van der Waals surface area contributed by atoms with Gasteiger partial charge in [-0.2, -0.15) is 0 Å². The van der Waals surface area contributed by atoms with Crippen LogP contribution in [0, 0.1) is 5.92 Å². The van der Waals surface area contributed by atoms with Crippen LogP contribution in [-0.2, 0) is 4.74 Å². The fourth-order valence-corrected chi connectivity index (χ4v) is 5.08. The fourth-order valence-electron chi connectivity index (χ4n) is 5.08. The van der Waals surface area contributed by atoms with E-state index in [1.165, 1.54) is 0 Å². The Bertz CT molecular complexity index is 1180. The quantitative estimate of drug-likeness (QED) is 0.316. The summed E-state index contributed by atoms with van der Waals surface area (Å²) in [4.78, 5) is 26.2. The van der Waals surface area contributed by atoms with Crippen molar-refractivity contribution in [3.8, 4) is 11.5 Å². The molecule has 7 nitrogen and oxygen atoms in total. The van der Waals surface area contributed by atoms with Gasteiger partial charge in [0.05, 0.1) is 6.04 Å². The van der Waals surface area contributed by atoms with Gasteiger partial charge in [0, 0.05) is 12.1 Å². The predicted molar refractivity (Wildman–Crippen MR) is 140 cm³/mol. The molecule has 7 heteroatoms. The van der Waals surface area contributed by atoms with Crippen LogP contribution in [0.25, 0.3) is 0 Å². The van der Waals surface area contributed by atoms with E-state index < -0.39 is 6.09 Å². The van der Waals surface area contributed by atoms with Gasteiger partial charge in [-0.25, -0.2) is 4.79 Å². The van der Waals surface area contributed by atoms with E-state index in [1.54, 1.807) is 24.3 Å². The number of piperidine rings is 3. The maximum atomic E-state index is 13.0. The normalized spacial score (nSPS) is 21.0. The summed E-state index contributed by atoms with van der Waals surface area (Å²) in [6.07, 6.45) is 2.53. The summed E-state index contributed by atoms with van der Waals surface area (Å²) in [7, 11) is 0. The molecule has 0 aromatic heterocycles. The van der Waals surface area contributed by atoms with Gasteiger partial charge in [-0.1, -0.05) is 42.5 Å². The van der Waals surface area contributed by atoms with Crippen molar-refractivity contribution in [2.45, 2.75) is 25.0 Å². The Labute approximate surface area is 217 Å². The lowest BCUT2D eigenvalue weighted by Crippen LogP contribution is -2.52. The number of nitrogens with one attached hydrogen (secondary N) is 1. The molecule has 2 atom stereocenters. The van der Waals surface area contributed by atoms with Crippen LogP contribution in [0.2, 0.25) is 0 Å². The first kappa shape index (κ1) is 24.8. The van der Waals surface area contributed by atoms with Crippen LogP contribution in [0.15, 0.2) is 78.9 Å². The average Bonchev–Trinajstić information content (AvgIpc) is 2.96. The van der Waals surface area contributed by atoms with E-state index in [-0.39, 0.29) is 12.1 Å². The maximum Gasteiger partial charge on any atom is 0.408 e. The molecule has 0 spiro atoms. The summed E-state index contributed by atoms with van der Waals surface area (Å²) in [5.74, 6) is 1.82. The summed E-state index contributed by atoms with van der Waals surface area (Å²) in [6, 6.07) is 24.2.